The van der Waals surface area contributed by atoms with E-state index in [1.165, 1.54) is 0 Å². The number of likely N-dealkylation sites (N-methyl/N-ethyl adjacent to an activating group) is 1. The first-order chi connectivity index (χ1) is 11.0. The van der Waals surface area contributed by atoms with Gasteiger partial charge < -0.3 is 25.4 Å². The molecule has 2 fully saturated rings. The quantitative estimate of drug-likeness (QED) is 0.558. The van der Waals surface area contributed by atoms with Crippen molar-refractivity contribution in [2.75, 3.05) is 33.8 Å². The number of hydrogen-bond acceptors (Lipinski definition) is 5. The van der Waals surface area contributed by atoms with E-state index < -0.39 is 0 Å². The Labute approximate surface area is 137 Å². The lowest BCUT2D eigenvalue weighted by atomic mass is 9.97. The van der Waals surface area contributed by atoms with Crippen LogP contribution in [0.4, 0.5) is 0 Å². The number of carbonyl (C=O) groups is 2. The Morgan fingerprint density at radius 1 is 1.22 bits per heavy atom. The molecule has 1 aliphatic carbocycles. The fourth-order valence-corrected chi connectivity index (χ4v) is 2.90. The van der Waals surface area contributed by atoms with Gasteiger partial charge in [-0.25, -0.2) is 0 Å². The molecule has 1 aliphatic heterocycles. The summed E-state index contributed by atoms with van der Waals surface area (Å²) in [7, 11) is 3.68. The second-order valence-corrected chi connectivity index (χ2v) is 6.82. The second-order valence-electron chi connectivity index (χ2n) is 6.82. The molecule has 2 aliphatic rings. The number of carbonyl (C=O) groups excluding carboxylic acids is 2. The zero-order valence-corrected chi connectivity index (χ0v) is 14.1. The molecule has 0 spiro atoms. The summed E-state index contributed by atoms with van der Waals surface area (Å²) in [6, 6.07) is -0.148. The first-order valence-electron chi connectivity index (χ1n) is 8.47. The van der Waals surface area contributed by atoms with Crippen LogP contribution in [0.15, 0.2) is 0 Å². The number of aliphatic hydroxyl groups is 1. The van der Waals surface area contributed by atoms with Crippen LogP contribution in [0, 0.1) is 5.92 Å². The van der Waals surface area contributed by atoms with Gasteiger partial charge in [0.05, 0.1) is 25.3 Å². The Kier molecular flexibility index (Phi) is 6.80. The number of rotatable bonds is 8. The molecule has 0 aromatic carbocycles. The number of aliphatic hydroxyl groups excluding tert-OH is 1. The van der Waals surface area contributed by atoms with Gasteiger partial charge in [0, 0.05) is 12.5 Å². The number of amides is 2. The second kappa shape index (κ2) is 8.61. The standard InChI is InChI=1S/C16H29N3O4/c1-19(2)9-15(21)18-13-6-5-12(23-14(13)10-20)7-8-17-16(22)11-3-4-11/h11-14,20H,3-10H2,1-2H3,(H,17,22)(H,18,21)/t12-,13-,14-/m0/s1. The van der Waals surface area contributed by atoms with Crippen LogP contribution in [0.3, 0.4) is 0 Å². The molecule has 0 aromatic rings. The van der Waals surface area contributed by atoms with E-state index in [2.05, 4.69) is 10.6 Å². The van der Waals surface area contributed by atoms with Gasteiger partial charge in [-0.1, -0.05) is 0 Å². The highest BCUT2D eigenvalue weighted by molar-refractivity contribution is 5.80. The molecule has 2 rings (SSSR count). The van der Waals surface area contributed by atoms with Crippen LogP contribution >= 0.6 is 0 Å². The van der Waals surface area contributed by atoms with E-state index in [1.807, 2.05) is 14.1 Å². The third kappa shape index (κ3) is 6.08. The predicted molar refractivity (Wildman–Crippen MR) is 85.8 cm³/mol. The molecular weight excluding hydrogens is 298 g/mol. The first kappa shape index (κ1) is 18.2. The third-order valence-electron chi connectivity index (χ3n) is 4.32. The molecule has 0 radical (unpaired) electrons. The fourth-order valence-electron chi connectivity index (χ4n) is 2.90. The highest BCUT2D eigenvalue weighted by Gasteiger charge is 2.32. The van der Waals surface area contributed by atoms with E-state index in [0.29, 0.717) is 13.1 Å². The van der Waals surface area contributed by atoms with Crippen LogP contribution in [-0.4, -0.2) is 73.9 Å². The molecular formula is C16H29N3O4. The van der Waals surface area contributed by atoms with Crippen molar-refractivity contribution in [3.63, 3.8) is 0 Å². The summed E-state index contributed by atoms with van der Waals surface area (Å²) in [6.07, 6.45) is 4.01. The highest BCUT2D eigenvalue weighted by Crippen LogP contribution is 2.28. The summed E-state index contributed by atoms with van der Waals surface area (Å²) in [5.41, 5.74) is 0. The molecule has 7 nitrogen and oxygen atoms in total. The molecule has 1 heterocycles. The van der Waals surface area contributed by atoms with Gasteiger partial charge in [0.25, 0.3) is 0 Å². The maximum Gasteiger partial charge on any atom is 0.234 e. The van der Waals surface area contributed by atoms with Crippen LogP contribution < -0.4 is 10.6 Å². The molecule has 0 unspecified atom stereocenters. The minimum Gasteiger partial charge on any atom is -0.394 e. The van der Waals surface area contributed by atoms with Crippen LogP contribution in [0.5, 0.6) is 0 Å². The van der Waals surface area contributed by atoms with E-state index in [0.717, 1.165) is 32.1 Å². The van der Waals surface area contributed by atoms with Crippen molar-refractivity contribution in [3.05, 3.63) is 0 Å². The number of hydrogen-bond donors (Lipinski definition) is 3. The Hall–Kier alpha value is -1.18. The number of nitrogens with zero attached hydrogens (tertiary/aromatic N) is 1. The molecule has 2 amide bonds. The Morgan fingerprint density at radius 2 is 1.96 bits per heavy atom. The molecule has 3 N–H and O–H groups in total. The fraction of sp³-hybridized carbons (Fsp3) is 0.875. The normalized spacial score (nSPS) is 27.7. The van der Waals surface area contributed by atoms with Crippen LogP contribution in [0.25, 0.3) is 0 Å². The van der Waals surface area contributed by atoms with Gasteiger partial charge in [0.2, 0.25) is 11.8 Å². The summed E-state index contributed by atoms with van der Waals surface area (Å²) in [5, 5.41) is 15.4. The number of ether oxygens (including phenoxy) is 1. The van der Waals surface area contributed by atoms with Crippen LogP contribution in [0.2, 0.25) is 0 Å². The molecule has 23 heavy (non-hydrogen) atoms. The lowest BCUT2D eigenvalue weighted by Crippen LogP contribution is -2.52. The van der Waals surface area contributed by atoms with E-state index in [-0.39, 0.29) is 42.6 Å². The smallest absolute Gasteiger partial charge is 0.234 e. The maximum atomic E-state index is 11.8. The van der Waals surface area contributed by atoms with E-state index in [1.54, 1.807) is 4.90 Å². The summed E-state index contributed by atoms with van der Waals surface area (Å²) in [6.45, 7) is 0.818. The Balaban J connectivity index is 1.69. The van der Waals surface area contributed by atoms with Crippen LogP contribution in [0.1, 0.15) is 32.1 Å². The van der Waals surface area contributed by atoms with E-state index in [4.69, 9.17) is 4.74 Å². The van der Waals surface area contributed by atoms with Crippen molar-refractivity contribution in [2.24, 2.45) is 5.92 Å². The lowest BCUT2D eigenvalue weighted by Gasteiger charge is -2.36. The monoisotopic (exact) mass is 327 g/mol. The van der Waals surface area contributed by atoms with Crippen molar-refractivity contribution in [1.29, 1.82) is 0 Å². The van der Waals surface area contributed by atoms with Gasteiger partial charge in [0.1, 0.15) is 6.10 Å². The summed E-state index contributed by atoms with van der Waals surface area (Å²) in [4.78, 5) is 25.2. The van der Waals surface area contributed by atoms with E-state index in [9.17, 15) is 14.7 Å². The topological polar surface area (TPSA) is 90.9 Å². The molecule has 1 saturated heterocycles. The molecule has 7 heteroatoms. The minimum atomic E-state index is -0.376. The Morgan fingerprint density at radius 3 is 2.57 bits per heavy atom. The Bertz CT molecular complexity index is 412. The molecule has 1 saturated carbocycles. The molecule has 0 aromatic heterocycles. The zero-order chi connectivity index (χ0) is 16.8. The summed E-state index contributed by atoms with van der Waals surface area (Å²) in [5.74, 6) is 0.314. The SMILES string of the molecule is CN(C)CC(=O)N[C@H]1CC[C@@H](CCNC(=O)C2CC2)O[C@H]1CO. The van der Waals surface area contributed by atoms with Gasteiger partial charge in [-0.15, -0.1) is 0 Å². The van der Waals surface area contributed by atoms with Crippen molar-refractivity contribution in [1.82, 2.24) is 15.5 Å². The highest BCUT2D eigenvalue weighted by atomic mass is 16.5. The average Bonchev–Trinajstić information content (AvgIpc) is 3.32. The average molecular weight is 327 g/mol. The molecule has 132 valence electrons. The lowest BCUT2D eigenvalue weighted by molar-refractivity contribution is -0.129. The molecule has 3 atom stereocenters. The summed E-state index contributed by atoms with van der Waals surface area (Å²) >= 11 is 0. The predicted octanol–water partition coefficient (Wildman–Crippen LogP) is -0.511. The maximum absolute atomic E-state index is 11.8. The zero-order valence-electron chi connectivity index (χ0n) is 14.1. The van der Waals surface area contributed by atoms with Crippen molar-refractivity contribution in [2.45, 2.75) is 50.4 Å². The summed E-state index contributed by atoms with van der Waals surface area (Å²) < 4.78 is 5.88. The third-order valence-corrected chi connectivity index (χ3v) is 4.32. The van der Waals surface area contributed by atoms with Crippen molar-refractivity contribution >= 4 is 11.8 Å². The minimum absolute atomic E-state index is 0.0219. The van der Waals surface area contributed by atoms with Gasteiger partial charge in [-0.05, 0) is 46.2 Å². The first-order valence-corrected chi connectivity index (χ1v) is 8.47. The largest absolute Gasteiger partial charge is 0.394 e. The van der Waals surface area contributed by atoms with E-state index >= 15 is 0 Å². The van der Waals surface area contributed by atoms with Gasteiger partial charge >= 0.3 is 0 Å². The van der Waals surface area contributed by atoms with Gasteiger partial charge in [-0.3, -0.25) is 9.59 Å². The van der Waals surface area contributed by atoms with Crippen LogP contribution in [-0.2, 0) is 14.3 Å². The molecule has 0 bridgehead atoms. The number of nitrogens with one attached hydrogen (secondary N) is 2. The van der Waals surface area contributed by atoms with Gasteiger partial charge in [-0.2, -0.15) is 0 Å². The van der Waals surface area contributed by atoms with Crippen molar-refractivity contribution in [3.8, 4) is 0 Å². The van der Waals surface area contributed by atoms with Gasteiger partial charge in [0.15, 0.2) is 0 Å². The van der Waals surface area contributed by atoms with Crippen molar-refractivity contribution < 1.29 is 19.4 Å².